The van der Waals surface area contributed by atoms with Gasteiger partial charge >= 0.3 is 5.97 Å². The summed E-state index contributed by atoms with van der Waals surface area (Å²) < 4.78 is 5.40. The Balaban J connectivity index is 1.80. The van der Waals surface area contributed by atoms with Crippen molar-refractivity contribution in [2.45, 2.75) is 258 Å². The zero-order chi connectivity index (χ0) is 33.0. The minimum Gasteiger partial charge on any atom is -0.430 e. The van der Waals surface area contributed by atoms with Crippen LogP contribution in [-0.2, 0) is 9.53 Å². The number of carbonyl (C=O) groups is 1. The molecular formula is C44H84O2. The van der Waals surface area contributed by atoms with Crippen molar-refractivity contribution in [3.63, 3.8) is 0 Å². The van der Waals surface area contributed by atoms with Gasteiger partial charge in [-0.2, -0.15) is 0 Å². The maximum absolute atomic E-state index is 12.0. The second kappa shape index (κ2) is 35.5. The molecule has 2 nitrogen and oxygen atoms in total. The lowest BCUT2D eigenvalue weighted by Gasteiger charge is -2.28. The first-order chi connectivity index (χ1) is 22.8. The van der Waals surface area contributed by atoms with Crippen LogP contribution < -0.4 is 0 Å². The molecule has 0 radical (unpaired) electrons. The standard InChI is InChI=1S/C44H84O2/c1-3-5-7-9-11-13-15-17-19-21-23-25-27-29-31-33-35-37-39-41-43-42(44(45)46-43)40-38-36-34-32-30-28-26-24-22-20-18-16-14-12-10-8-6-4-2/h41-42H,3-40H2,1-2H3/b43-41+. The summed E-state index contributed by atoms with van der Waals surface area (Å²) in [7, 11) is 0. The lowest BCUT2D eigenvalue weighted by atomic mass is 9.93. The molecule has 0 saturated carbocycles. The number of hydrogen-bond donors (Lipinski definition) is 0. The molecule has 0 spiro atoms. The maximum Gasteiger partial charge on any atom is 0.321 e. The Kier molecular flexibility index (Phi) is 33.4. The summed E-state index contributed by atoms with van der Waals surface area (Å²) in [6, 6.07) is 0. The summed E-state index contributed by atoms with van der Waals surface area (Å²) in [5.74, 6) is 1.09. The normalized spacial score (nSPS) is 15.5. The van der Waals surface area contributed by atoms with Gasteiger partial charge in [0.2, 0.25) is 0 Å². The van der Waals surface area contributed by atoms with Gasteiger partial charge in [0.1, 0.15) is 11.7 Å². The lowest BCUT2D eigenvalue weighted by molar-refractivity contribution is -0.157. The second-order valence-electron chi connectivity index (χ2n) is 15.2. The molecule has 0 amide bonds. The Bertz CT molecular complexity index is 652. The summed E-state index contributed by atoms with van der Waals surface area (Å²) in [4.78, 5) is 12.0. The maximum atomic E-state index is 12.0. The van der Waals surface area contributed by atoms with Gasteiger partial charge < -0.3 is 4.74 Å². The Hall–Kier alpha value is -0.790. The van der Waals surface area contributed by atoms with E-state index in [9.17, 15) is 4.79 Å². The number of esters is 1. The van der Waals surface area contributed by atoms with Crippen LogP contribution in [0.5, 0.6) is 0 Å². The van der Waals surface area contributed by atoms with Crippen molar-refractivity contribution in [1.29, 1.82) is 0 Å². The van der Waals surface area contributed by atoms with Crippen LogP contribution in [0.2, 0.25) is 0 Å². The zero-order valence-corrected chi connectivity index (χ0v) is 31.8. The number of unbranched alkanes of at least 4 members (excludes halogenated alkanes) is 35. The van der Waals surface area contributed by atoms with Crippen LogP contribution in [0.3, 0.4) is 0 Å². The van der Waals surface area contributed by atoms with Crippen LogP contribution in [0.25, 0.3) is 0 Å². The molecule has 1 aliphatic rings. The average molecular weight is 645 g/mol. The fraction of sp³-hybridized carbons (Fsp3) is 0.932. The van der Waals surface area contributed by atoms with Crippen LogP contribution in [0.1, 0.15) is 258 Å². The van der Waals surface area contributed by atoms with Crippen molar-refractivity contribution < 1.29 is 9.53 Å². The Labute approximate surface area is 290 Å². The highest BCUT2D eigenvalue weighted by Gasteiger charge is 2.36. The molecule has 2 heteroatoms. The van der Waals surface area contributed by atoms with Crippen molar-refractivity contribution in [3.8, 4) is 0 Å². The van der Waals surface area contributed by atoms with E-state index in [1.54, 1.807) is 0 Å². The van der Waals surface area contributed by atoms with Gasteiger partial charge in [0.15, 0.2) is 0 Å². The third kappa shape index (κ3) is 28.2. The molecule has 0 aromatic carbocycles. The third-order valence-corrected chi connectivity index (χ3v) is 10.6. The van der Waals surface area contributed by atoms with E-state index in [1.165, 1.54) is 231 Å². The summed E-state index contributed by atoms with van der Waals surface area (Å²) >= 11 is 0. The van der Waals surface area contributed by atoms with E-state index in [0.29, 0.717) is 0 Å². The van der Waals surface area contributed by atoms with E-state index in [1.807, 2.05) is 0 Å². The third-order valence-electron chi connectivity index (χ3n) is 10.6. The molecular weight excluding hydrogens is 560 g/mol. The van der Waals surface area contributed by atoms with Gasteiger partial charge in [0.05, 0.1) is 0 Å². The second-order valence-corrected chi connectivity index (χ2v) is 15.2. The first kappa shape index (κ1) is 43.2. The topological polar surface area (TPSA) is 26.3 Å². The summed E-state index contributed by atoms with van der Waals surface area (Å²) in [6.07, 6.45) is 55.1. The fourth-order valence-corrected chi connectivity index (χ4v) is 7.30. The molecule has 0 aromatic rings. The molecule has 1 aliphatic heterocycles. The predicted octanol–water partition coefficient (Wildman–Crippen LogP) is 15.9. The van der Waals surface area contributed by atoms with Crippen molar-refractivity contribution in [3.05, 3.63) is 11.8 Å². The highest BCUT2D eigenvalue weighted by Crippen LogP contribution is 2.32. The quantitative estimate of drug-likeness (QED) is 0.0494. The number of allylic oxidation sites excluding steroid dienone is 1. The van der Waals surface area contributed by atoms with E-state index in [2.05, 4.69) is 19.9 Å². The number of carbonyl (C=O) groups excluding carboxylic acids is 1. The van der Waals surface area contributed by atoms with Gasteiger partial charge in [-0.3, -0.25) is 4.79 Å². The average Bonchev–Trinajstić information content (AvgIpc) is 3.06. The van der Waals surface area contributed by atoms with Gasteiger partial charge in [0.25, 0.3) is 0 Å². The number of cyclic esters (lactones) is 1. The molecule has 0 bridgehead atoms. The van der Waals surface area contributed by atoms with E-state index in [4.69, 9.17) is 4.74 Å². The Morgan fingerprint density at radius 1 is 0.391 bits per heavy atom. The summed E-state index contributed by atoms with van der Waals surface area (Å²) in [5.41, 5.74) is 0. The minimum absolute atomic E-state index is 0.0241. The van der Waals surface area contributed by atoms with E-state index in [0.717, 1.165) is 18.6 Å². The molecule has 0 aromatic heterocycles. The lowest BCUT2D eigenvalue weighted by Crippen LogP contribution is -2.32. The van der Waals surface area contributed by atoms with E-state index < -0.39 is 0 Å². The summed E-state index contributed by atoms with van der Waals surface area (Å²) in [6.45, 7) is 4.60. The number of hydrogen-bond acceptors (Lipinski definition) is 2. The molecule has 1 heterocycles. The molecule has 1 atom stereocenters. The van der Waals surface area contributed by atoms with Crippen molar-refractivity contribution in [1.82, 2.24) is 0 Å². The SMILES string of the molecule is CCCCCCCCCCCCCCCCCCCC/C=C1/OC(=O)C1CCCCCCCCCCCCCCCCCCCC. The molecule has 1 unspecified atom stereocenters. The number of ether oxygens (including phenoxy) is 1. The van der Waals surface area contributed by atoms with Crippen molar-refractivity contribution in [2.24, 2.45) is 5.92 Å². The van der Waals surface area contributed by atoms with E-state index >= 15 is 0 Å². The van der Waals surface area contributed by atoms with Crippen LogP contribution in [0.15, 0.2) is 11.8 Å². The van der Waals surface area contributed by atoms with Gasteiger partial charge in [-0.1, -0.05) is 239 Å². The van der Waals surface area contributed by atoms with Crippen molar-refractivity contribution >= 4 is 5.97 Å². The number of rotatable bonds is 38. The van der Waals surface area contributed by atoms with Crippen LogP contribution in [0.4, 0.5) is 0 Å². The van der Waals surface area contributed by atoms with Crippen LogP contribution in [-0.4, -0.2) is 5.97 Å². The molecule has 1 rings (SSSR count). The van der Waals surface area contributed by atoms with Gasteiger partial charge in [-0.05, 0) is 25.3 Å². The van der Waals surface area contributed by atoms with Crippen LogP contribution >= 0.6 is 0 Å². The largest absolute Gasteiger partial charge is 0.430 e. The van der Waals surface area contributed by atoms with Gasteiger partial charge in [-0.25, -0.2) is 0 Å². The Morgan fingerprint density at radius 2 is 0.652 bits per heavy atom. The smallest absolute Gasteiger partial charge is 0.321 e. The van der Waals surface area contributed by atoms with Gasteiger partial charge in [0, 0.05) is 0 Å². The predicted molar refractivity (Wildman–Crippen MR) is 204 cm³/mol. The molecule has 0 aliphatic carbocycles. The van der Waals surface area contributed by atoms with Crippen LogP contribution in [0, 0.1) is 5.92 Å². The van der Waals surface area contributed by atoms with Crippen molar-refractivity contribution in [2.75, 3.05) is 0 Å². The minimum atomic E-state index is 0.0241. The first-order valence-electron chi connectivity index (χ1n) is 21.7. The molecule has 46 heavy (non-hydrogen) atoms. The molecule has 272 valence electrons. The highest BCUT2D eigenvalue weighted by atomic mass is 16.6. The van der Waals surface area contributed by atoms with E-state index in [-0.39, 0.29) is 11.9 Å². The first-order valence-corrected chi connectivity index (χ1v) is 21.7. The highest BCUT2D eigenvalue weighted by molar-refractivity contribution is 5.82. The Morgan fingerprint density at radius 3 is 0.935 bits per heavy atom. The fourth-order valence-electron chi connectivity index (χ4n) is 7.30. The monoisotopic (exact) mass is 645 g/mol. The molecule has 1 fully saturated rings. The molecule has 1 saturated heterocycles. The molecule has 0 N–H and O–H groups in total. The summed E-state index contributed by atoms with van der Waals surface area (Å²) in [5, 5.41) is 0. The zero-order valence-electron chi connectivity index (χ0n) is 31.8. The van der Waals surface area contributed by atoms with Gasteiger partial charge in [-0.15, -0.1) is 0 Å².